The summed E-state index contributed by atoms with van der Waals surface area (Å²) in [6.45, 7) is 11.9. The van der Waals surface area contributed by atoms with Crippen LogP contribution in [0.2, 0.25) is 5.31 Å². The number of carbonyl (C=O) groups excluding carboxylic acids is 1. The Bertz CT molecular complexity index is 810. The third-order valence-electron chi connectivity index (χ3n) is 7.85. The van der Waals surface area contributed by atoms with Crippen molar-refractivity contribution < 1.29 is 14.1 Å². The number of likely N-dealkylation sites (tertiary alicyclic amines) is 1. The Kier molecular flexibility index (Phi) is 4.27. The maximum atomic E-state index is 13.1. The van der Waals surface area contributed by atoms with E-state index in [1.807, 2.05) is 4.90 Å². The van der Waals surface area contributed by atoms with Gasteiger partial charge in [0, 0.05) is 31.5 Å². The molecule has 8 heteroatoms. The van der Waals surface area contributed by atoms with Crippen LogP contribution in [0.3, 0.4) is 0 Å². The standard InChI is InChI=1S/C21H31BN4O3/c1-19(2)20(3,4)29-22(28-19)21-7-10-26(14-15(21)11-21)18(27)16-12-23-13-17(24-16)25-8-5-6-9-25/h12-13,15H,5-11,14H2,1-4H3. The van der Waals surface area contributed by atoms with Crippen LogP contribution >= 0.6 is 0 Å². The molecule has 29 heavy (non-hydrogen) atoms. The molecule has 4 aliphatic rings. The molecule has 1 amide bonds. The van der Waals surface area contributed by atoms with Crippen LogP contribution in [0.15, 0.2) is 12.4 Å². The van der Waals surface area contributed by atoms with E-state index >= 15 is 0 Å². The van der Waals surface area contributed by atoms with Crippen molar-refractivity contribution in [3.05, 3.63) is 18.1 Å². The average Bonchev–Trinajstić information content (AvgIpc) is 3.06. The molecule has 0 radical (unpaired) electrons. The highest BCUT2D eigenvalue weighted by atomic mass is 16.7. The van der Waals surface area contributed by atoms with Gasteiger partial charge in [-0.05, 0) is 59.3 Å². The van der Waals surface area contributed by atoms with Gasteiger partial charge >= 0.3 is 7.12 Å². The molecule has 5 rings (SSSR count). The second-order valence-corrected chi connectivity index (χ2v) is 10.2. The van der Waals surface area contributed by atoms with Crippen LogP contribution in [-0.4, -0.2) is 65.3 Å². The Balaban J connectivity index is 1.26. The summed E-state index contributed by atoms with van der Waals surface area (Å²) < 4.78 is 12.7. The van der Waals surface area contributed by atoms with Gasteiger partial charge in [0.2, 0.25) is 0 Å². The predicted molar refractivity (Wildman–Crippen MR) is 111 cm³/mol. The van der Waals surface area contributed by atoms with Crippen molar-refractivity contribution in [1.82, 2.24) is 14.9 Å². The molecule has 1 saturated carbocycles. The zero-order valence-electron chi connectivity index (χ0n) is 18.0. The molecule has 0 aromatic carbocycles. The van der Waals surface area contributed by atoms with E-state index in [4.69, 9.17) is 9.31 Å². The highest BCUT2D eigenvalue weighted by Crippen LogP contribution is 2.69. The fourth-order valence-corrected chi connectivity index (χ4v) is 5.04. The average molecular weight is 398 g/mol. The third-order valence-corrected chi connectivity index (χ3v) is 7.85. The Morgan fingerprint density at radius 3 is 2.45 bits per heavy atom. The number of fused-ring (bicyclic) bond motifs is 1. The van der Waals surface area contributed by atoms with Crippen molar-refractivity contribution in [2.24, 2.45) is 5.92 Å². The lowest BCUT2D eigenvalue weighted by Gasteiger charge is -2.32. The first kappa shape index (κ1) is 19.3. The van der Waals surface area contributed by atoms with E-state index in [1.54, 1.807) is 12.4 Å². The molecule has 2 unspecified atom stereocenters. The largest absolute Gasteiger partial charge is 0.464 e. The van der Waals surface area contributed by atoms with E-state index in [9.17, 15) is 4.79 Å². The molecular formula is C21H31BN4O3. The number of aromatic nitrogens is 2. The third kappa shape index (κ3) is 3.06. The lowest BCUT2D eigenvalue weighted by molar-refractivity contribution is 0.00578. The second kappa shape index (κ2) is 6.41. The molecule has 0 N–H and O–H groups in total. The Morgan fingerprint density at radius 2 is 1.79 bits per heavy atom. The number of rotatable bonds is 3. The van der Waals surface area contributed by atoms with Gasteiger partial charge in [-0.25, -0.2) is 4.98 Å². The van der Waals surface area contributed by atoms with E-state index in [2.05, 4.69) is 42.6 Å². The topological polar surface area (TPSA) is 67.8 Å². The van der Waals surface area contributed by atoms with Crippen LogP contribution in [0.4, 0.5) is 5.82 Å². The molecule has 1 aliphatic carbocycles. The quantitative estimate of drug-likeness (QED) is 0.730. The smallest absolute Gasteiger partial charge is 0.403 e. The highest BCUT2D eigenvalue weighted by molar-refractivity contribution is 6.51. The lowest BCUT2D eigenvalue weighted by atomic mass is 9.63. The summed E-state index contributed by atoms with van der Waals surface area (Å²) in [5.41, 5.74) is -0.158. The Labute approximate surface area is 173 Å². The van der Waals surface area contributed by atoms with E-state index in [0.717, 1.165) is 44.8 Å². The summed E-state index contributed by atoms with van der Waals surface area (Å²) in [6.07, 6.45) is 7.70. The van der Waals surface area contributed by atoms with Crippen LogP contribution in [0.25, 0.3) is 0 Å². The van der Waals surface area contributed by atoms with Crippen molar-refractivity contribution in [1.29, 1.82) is 0 Å². The summed E-state index contributed by atoms with van der Waals surface area (Å²) in [5.74, 6) is 1.25. The summed E-state index contributed by atoms with van der Waals surface area (Å²) in [4.78, 5) is 26.2. The zero-order chi connectivity index (χ0) is 20.4. The predicted octanol–water partition coefficient (Wildman–Crippen LogP) is 2.78. The number of carbonyl (C=O) groups is 1. The maximum Gasteiger partial charge on any atom is 0.464 e. The second-order valence-electron chi connectivity index (χ2n) is 10.2. The van der Waals surface area contributed by atoms with Crippen molar-refractivity contribution >= 4 is 18.8 Å². The molecule has 1 aromatic heterocycles. The minimum atomic E-state index is -0.307. The Hall–Kier alpha value is -1.67. The number of hydrogen-bond acceptors (Lipinski definition) is 6. The van der Waals surface area contributed by atoms with Crippen LogP contribution < -0.4 is 4.90 Å². The van der Waals surface area contributed by atoms with E-state index in [0.29, 0.717) is 11.6 Å². The Morgan fingerprint density at radius 1 is 1.10 bits per heavy atom. The number of piperidine rings is 1. The van der Waals surface area contributed by atoms with Crippen molar-refractivity contribution in [3.8, 4) is 0 Å². The van der Waals surface area contributed by atoms with Gasteiger partial charge in [-0.1, -0.05) is 0 Å². The molecule has 3 saturated heterocycles. The van der Waals surface area contributed by atoms with E-state index in [-0.39, 0.29) is 29.5 Å². The van der Waals surface area contributed by atoms with Crippen LogP contribution in [0.1, 0.15) is 63.9 Å². The summed E-state index contributed by atoms with van der Waals surface area (Å²) in [5, 5.41) is 0.0604. The minimum Gasteiger partial charge on any atom is -0.403 e. The number of nitrogens with zero attached hydrogens (tertiary/aromatic N) is 4. The highest BCUT2D eigenvalue weighted by Gasteiger charge is 2.70. The molecule has 1 aromatic rings. The first-order valence-electron chi connectivity index (χ1n) is 10.9. The maximum absolute atomic E-state index is 13.1. The normalized spacial score (nSPS) is 32.4. The first-order valence-corrected chi connectivity index (χ1v) is 10.9. The van der Waals surface area contributed by atoms with E-state index < -0.39 is 0 Å². The molecule has 2 atom stereocenters. The van der Waals surface area contributed by atoms with Crippen LogP contribution in [0.5, 0.6) is 0 Å². The van der Waals surface area contributed by atoms with Gasteiger partial charge in [-0.2, -0.15) is 0 Å². The number of amides is 1. The van der Waals surface area contributed by atoms with Gasteiger partial charge in [-0.15, -0.1) is 0 Å². The minimum absolute atomic E-state index is 0.00651. The number of anilines is 1. The van der Waals surface area contributed by atoms with Crippen LogP contribution in [0, 0.1) is 5.92 Å². The zero-order valence-corrected chi connectivity index (χ0v) is 18.0. The first-order chi connectivity index (χ1) is 13.7. The van der Waals surface area contributed by atoms with Gasteiger partial charge in [0.05, 0.1) is 23.6 Å². The fraction of sp³-hybridized carbons (Fsp3) is 0.762. The van der Waals surface area contributed by atoms with Crippen molar-refractivity contribution in [2.45, 2.75) is 69.9 Å². The molecular weight excluding hydrogens is 367 g/mol. The molecule has 156 valence electrons. The summed E-state index contributed by atoms with van der Waals surface area (Å²) in [6, 6.07) is 0. The van der Waals surface area contributed by atoms with Crippen molar-refractivity contribution in [2.75, 3.05) is 31.1 Å². The molecule has 4 heterocycles. The SMILES string of the molecule is CC1(C)OB(C23CCN(C(=O)c4cncc(N5CCCC5)n4)CC2C3)OC1(C)C. The van der Waals surface area contributed by atoms with Gasteiger partial charge < -0.3 is 19.1 Å². The summed E-state index contributed by atoms with van der Waals surface area (Å²) >= 11 is 0. The molecule has 3 aliphatic heterocycles. The fourth-order valence-electron chi connectivity index (χ4n) is 5.04. The monoisotopic (exact) mass is 398 g/mol. The molecule has 0 spiro atoms. The molecule has 7 nitrogen and oxygen atoms in total. The molecule has 4 fully saturated rings. The van der Waals surface area contributed by atoms with Gasteiger partial charge in [-0.3, -0.25) is 9.78 Å². The van der Waals surface area contributed by atoms with Gasteiger partial charge in [0.15, 0.2) is 0 Å². The van der Waals surface area contributed by atoms with E-state index in [1.165, 1.54) is 12.8 Å². The lowest BCUT2D eigenvalue weighted by Crippen LogP contribution is -2.42. The summed E-state index contributed by atoms with van der Waals surface area (Å²) in [7, 11) is -0.173. The molecule has 0 bridgehead atoms. The van der Waals surface area contributed by atoms with Gasteiger partial charge in [0.1, 0.15) is 11.5 Å². The van der Waals surface area contributed by atoms with Gasteiger partial charge in [0.25, 0.3) is 5.91 Å². The number of hydrogen-bond donors (Lipinski definition) is 0. The van der Waals surface area contributed by atoms with Crippen molar-refractivity contribution in [3.63, 3.8) is 0 Å². The van der Waals surface area contributed by atoms with Crippen LogP contribution in [-0.2, 0) is 9.31 Å².